The number of nitro benzene ring substituents is 1. The number of hydrogen-bond acceptors (Lipinski definition) is 4. The zero-order valence-electron chi connectivity index (χ0n) is 12.7. The molecule has 0 bridgehead atoms. The van der Waals surface area contributed by atoms with Crippen LogP contribution in [-0.4, -0.2) is 29.6 Å². The molecule has 120 valence electrons. The third-order valence-electron chi connectivity index (χ3n) is 4.16. The molecule has 0 radical (unpaired) electrons. The maximum Gasteiger partial charge on any atom is 0.338 e. The van der Waals surface area contributed by atoms with Gasteiger partial charge in [-0.15, -0.1) is 0 Å². The molecule has 7 heteroatoms. The molecule has 1 aliphatic heterocycles. The van der Waals surface area contributed by atoms with Gasteiger partial charge in [-0.1, -0.05) is 0 Å². The number of esters is 1. The minimum absolute atomic E-state index is 0.0707. The highest BCUT2D eigenvalue weighted by Gasteiger charge is 2.35. The van der Waals surface area contributed by atoms with Crippen molar-refractivity contribution in [2.75, 3.05) is 13.1 Å². The van der Waals surface area contributed by atoms with Gasteiger partial charge in [0.1, 0.15) is 5.60 Å². The van der Waals surface area contributed by atoms with E-state index < -0.39 is 16.5 Å². The van der Waals surface area contributed by atoms with Gasteiger partial charge in [-0.3, -0.25) is 10.1 Å². The molecule has 1 heterocycles. The Labute approximate surface area is 137 Å². The maximum atomic E-state index is 12.3. The Morgan fingerprint density at radius 1 is 1.41 bits per heavy atom. The summed E-state index contributed by atoms with van der Waals surface area (Å²) in [5.74, 6) is -0.113. The summed E-state index contributed by atoms with van der Waals surface area (Å²) in [4.78, 5) is 22.6. The average Bonchev–Trinajstić information content (AvgIpc) is 2.47. The minimum atomic E-state index is -0.542. The van der Waals surface area contributed by atoms with E-state index in [1.807, 2.05) is 13.8 Å². The molecule has 0 unspecified atom stereocenters. The Kier molecular flexibility index (Phi) is 5.18. The van der Waals surface area contributed by atoms with Crippen LogP contribution in [0.4, 0.5) is 5.69 Å². The van der Waals surface area contributed by atoms with Crippen molar-refractivity contribution < 1.29 is 19.8 Å². The number of benzene rings is 1. The molecule has 2 N–H and O–H groups in total. The standard InChI is InChI=1S/C15H19BrN2O4/c1-15(2,11-5-7-17-8-6-11)22-14(19)10-3-4-13(18(20)21)12(16)9-10/h3-4,9,11,17H,5-8H2,1-2H3/p+1. The summed E-state index contributed by atoms with van der Waals surface area (Å²) in [5, 5.41) is 13.1. The van der Waals surface area contributed by atoms with Crippen molar-refractivity contribution in [1.29, 1.82) is 0 Å². The van der Waals surface area contributed by atoms with Gasteiger partial charge in [0, 0.05) is 24.8 Å². The van der Waals surface area contributed by atoms with E-state index in [0.29, 0.717) is 11.5 Å². The number of rotatable bonds is 4. The Morgan fingerprint density at radius 3 is 2.59 bits per heavy atom. The lowest BCUT2D eigenvalue weighted by Gasteiger charge is -2.35. The number of quaternary nitrogens is 1. The van der Waals surface area contributed by atoms with E-state index in [2.05, 4.69) is 21.2 Å². The quantitative estimate of drug-likeness (QED) is 0.499. The fourth-order valence-electron chi connectivity index (χ4n) is 2.79. The van der Waals surface area contributed by atoms with E-state index in [9.17, 15) is 14.9 Å². The van der Waals surface area contributed by atoms with Gasteiger partial charge in [0.2, 0.25) is 0 Å². The minimum Gasteiger partial charge on any atom is -0.456 e. The van der Waals surface area contributed by atoms with Gasteiger partial charge in [0.15, 0.2) is 0 Å². The molecule has 22 heavy (non-hydrogen) atoms. The second kappa shape index (κ2) is 6.75. The summed E-state index contributed by atoms with van der Waals surface area (Å²) in [5.41, 5.74) is -0.300. The summed E-state index contributed by atoms with van der Waals surface area (Å²) in [6, 6.07) is 4.17. The van der Waals surface area contributed by atoms with Gasteiger partial charge in [0.25, 0.3) is 5.69 Å². The number of carbonyl (C=O) groups is 1. The van der Waals surface area contributed by atoms with Crippen molar-refractivity contribution in [2.45, 2.75) is 32.3 Å². The number of halogens is 1. The lowest BCUT2D eigenvalue weighted by molar-refractivity contribution is -0.665. The summed E-state index contributed by atoms with van der Waals surface area (Å²) in [6.07, 6.45) is 2.04. The molecule has 0 atom stereocenters. The largest absolute Gasteiger partial charge is 0.456 e. The molecular weight excluding hydrogens is 352 g/mol. The van der Waals surface area contributed by atoms with E-state index in [0.717, 1.165) is 25.9 Å². The predicted molar refractivity (Wildman–Crippen MR) is 84.7 cm³/mol. The molecule has 0 amide bonds. The SMILES string of the molecule is CC(C)(OC(=O)c1ccc([N+](=O)[O-])c(Br)c1)C1CC[NH2+]CC1. The smallest absolute Gasteiger partial charge is 0.338 e. The molecule has 0 spiro atoms. The van der Waals surface area contributed by atoms with Crippen molar-refractivity contribution in [1.82, 2.24) is 0 Å². The molecule has 1 fully saturated rings. The van der Waals surface area contributed by atoms with Crippen LogP contribution in [0, 0.1) is 16.0 Å². The Balaban J connectivity index is 2.11. The van der Waals surface area contributed by atoms with Gasteiger partial charge >= 0.3 is 5.97 Å². The molecule has 2 rings (SSSR count). The van der Waals surface area contributed by atoms with Crippen LogP contribution >= 0.6 is 15.9 Å². The fraction of sp³-hybridized carbons (Fsp3) is 0.533. The van der Waals surface area contributed by atoms with E-state index in [1.54, 1.807) is 0 Å². The van der Waals surface area contributed by atoms with Crippen molar-refractivity contribution in [3.8, 4) is 0 Å². The number of piperidine rings is 1. The van der Waals surface area contributed by atoms with Crippen LogP contribution in [0.5, 0.6) is 0 Å². The first-order chi connectivity index (χ1) is 10.3. The maximum absolute atomic E-state index is 12.3. The fourth-order valence-corrected chi connectivity index (χ4v) is 3.31. The molecule has 1 saturated heterocycles. The predicted octanol–water partition coefficient (Wildman–Crippen LogP) is 2.27. The second-order valence-corrected chi connectivity index (χ2v) is 6.91. The highest BCUT2D eigenvalue weighted by atomic mass is 79.9. The number of nitro groups is 1. The molecule has 1 aromatic carbocycles. The van der Waals surface area contributed by atoms with Gasteiger partial charge < -0.3 is 10.1 Å². The van der Waals surface area contributed by atoms with Crippen LogP contribution in [0.1, 0.15) is 37.0 Å². The molecule has 1 aliphatic rings. The Morgan fingerprint density at radius 2 is 2.05 bits per heavy atom. The van der Waals surface area contributed by atoms with E-state index in [-0.39, 0.29) is 10.2 Å². The normalized spacial score (nSPS) is 16.3. The van der Waals surface area contributed by atoms with E-state index in [1.165, 1.54) is 18.2 Å². The summed E-state index contributed by atoms with van der Waals surface area (Å²) < 4.78 is 5.95. The topological polar surface area (TPSA) is 86.0 Å². The lowest BCUT2D eigenvalue weighted by Crippen LogP contribution is -2.86. The van der Waals surface area contributed by atoms with Crippen molar-refractivity contribution in [3.63, 3.8) is 0 Å². The van der Waals surface area contributed by atoms with Crippen LogP contribution in [0.25, 0.3) is 0 Å². The Bertz CT molecular complexity index is 583. The molecule has 6 nitrogen and oxygen atoms in total. The number of ether oxygens (including phenoxy) is 1. The number of nitrogens with zero attached hydrogens (tertiary/aromatic N) is 1. The third kappa shape index (κ3) is 3.84. The summed E-state index contributed by atoms with van der Waals surface area (Å²) >= 11 is 3.12. The molecule has 0 aromatic heterocycles. The number of hydrogen-bond donors (Lipinski definition) is 1. The number of nitrogens with two attached hydrogens (primary N) is 1. The van der Waals surface area contributed by atoms with E-state index in [4.69, 9.17) is 4.74 Å². The first-order valence-corrected chi connectivity index (χ1v) is 8.09. The molecule has 0 aliphatic carbocycles. The summed E-state index contributed by atoms with van der Waals surface area (Å²) in [7, 11) is 0. The van der Waals surface area contributed by atoms with Crippen LogP contribution < -0.4 is 5.32 Å². The Hall–Kier alpha value is -1.47. The highest BCUT2D eigenvalue weighted by Crippen LogP contribution is 2.30. The van der Waals surface area contributed by atoms with Gasteiger partial charge in [-0.2, -0.15) is 0 Å². The molecular formula is C15H20BrN2O4+. The van der Waals surface area contributed by atoms with Gasteiger partial charge in [0.05, 0.1) is 28.0 Å². The highest BCUT2D eigenvalue weighted by molar-refractivity contribution is 9.10. The second-order valence-electron chi connectivity index (χ2n) is 6.06. The monoisotopic (exact) mass is 371 g/mol. The van der Waals surface area contributed by atoms with Crippen LogP contribution in [0.2, 0.25) is 0 Å². The molecule has 0 saturated carbocycles. The number of carbonyl (C=O) groups excluding carboxylic acids is 1. The van der Waals surface area contributed by atoms with Crippen molar-refractivity contribution in [2.24, 2.45) is 5.92 Å². The lowest BCUT2D eigenvalue weighted by atomic mass is 9.83. The zero-order valence-corrected chi connectivity index (χ0v) is 14.3. The third-order valence-corrected chi connectivity index (χ3v) is 4.79. The van der Waals surface area contributed by atoms with Crippen LogP contribution in [-0.2, 0) is 4.74 Å². The van der Waals surface area contributed by atoms with Gasteiger partial charge in [-0.25, -0.2) is 4.79 Å². The van der Waals surface area contributed by atoms with Crippen LogP contribution in [0.15, 0.2) is 22.7 Å². The zero-order chi connectivity index (χ0) is 16.3. The molecule has 1 aromatic rings. The van der Waals surface area contributed by atoms with Crippen molar-refractivity contribution >= 4 is 27.6 Å². The van der Waals surface area contributed by atoms with Gasteiger partial charge in [-0.05, 0) is 41.9 Å². The van der Waals surface area contributed by atoms with Crippen molar-refractivity contribution in [3.05, 3.63) is 38.3 Å². The summed E-state index contributed by atoms with van der Waals surface area (Å²) in [6.45, 7) is 5.96. The van der Waals surface area contributed by atoms with Crippen LogP contribution in [0.3, 0.4) is 0 Å². The first-order valence-electron chi connectivity index (χ1n) is 7.30. The average molecular weight is 372 g/mol. The first kappa shape index (κ1) is 16.9. The van der Waals surface area contributed by atoms with E-state index >= 15 is 0 Å².